The number of halogens is 1. The minimum atomic E-state index is -0.312. The molecule has 2 fully saturated rings. The fourth-order valence-electron chi connectivity index (χ4n) is 4.51. The number of carbonyl (C=O) groups excluding carboxylic acids is 1. The Balaban J connectivity index is 1.68. The van der Waals surface area contributed by atoms with Crippen LogP contribution in [0.2, 0.25) is 0 Å². The van der Waals surface area contributed by atoms with Gasteiger partial charge in [-0.2, -0.15) is 0 Å². The second-order valence-corrected chi connectivity index (χ2v) is 8.16. The first-order valence-electron chi connectivity index (χ1n) is 10.4. The molecular formula is C22H28FN5O. The zero-order chi connectivity index (χ0) is 20.4. The van der Waals surface area contributed by atoms with E-state index in [1.807, 2.05) is 11.0 Å². The van der Waals surface area contributed by atoms with Crippen LogP contribution in [0.5, 0.6) is 0 Å². The highest BCUT2D eigenvalue weighted by Gasteiger charge is 2.35. The van der Waals surface area contributed by atoms with E-state index >= 15 is 0 Å². The molecule has 0 spiro atoms. The summed E-state index contributed by atoms with van der Waals surface area (Å²) < 4.78 is 13.9. The van der Waals surface area contributed by atoms with Crippen LogP contribution in [0.3, 0.4) is 0 Å². The highest BCUT2D eigenvalue weighted by molar-refractivity contribution is 5.80. The molecule has 154 valence electrons. The Labute approximate surface area is 170 Å². The molecule has 1 unspecified atom stereocenters. The molecule has 2 aliphatic rings. The molecule has 1 atom stereocenters. The number of nitrogens with two attached hydrogens (primary N) is 1. The topological polar surface area (TPSA) is 75.4 Å². The van der Waals surface area contributed by atoms with E-state index in [2.05, 4.69) is 21.9 Å². The number of amides is 1. The molecule has 4 rings (SSSR count). The van der Waals surface area contributed by atoms with Gasteiger partial charge in [-0.15, -0.1) is 0 Å². The number of likely N-dealkylation sites (tertiary alicyclic amines) is 2. The van der Waals surface area contributed by atoms with E-state index in [0.29, 0.717) is 5.56 Å². The standard InChI is InChI=1S/C22H28FN5O/c1-27-11-8-15(9-12-27)21(29)28-10-3-2-7-19(28)20-18(14-25-22(24)26-20)16-5-4-6-17(23)13-16/h4-6,13-15,19H,2-3,7-12H2,1H3,(H2,24,25,26). The smallest absolute Gasteiger partial charge is 0.226 e. The maximum absolute atomic E-state index is 13.9. The van der Waals surface area contributed by atoms with Crippen LogP contribution in [-0.2, 0) is 4.79 Å². The largest absolute Gasteiger partial charge is 0.368 e. The van der Waals surface area contributed by atoms with Crippen LogP contribution in [0.25, 0.3) is 11.1 Å². The van der Waals surface area contributed by atoms with Gasteiger partial charge in [0, 0.05) is 24.2 Å². The summed E-state index contributed by atoms with van der Waals surface area (Å²) in [4.78, 5) is 26.3. The number of hydrogen-bond donors (Lipinski definition) is 1. The molecule has 2 aliphatic heterocycles. The van der Waals surface area contributed by atoms with Crippen LogP contribution in [-0.4, -0.2) is 52.4 Å². The fourth-order valence-corrected chi connectivity index (χ4v) is 4.51. The molecule has 0 bridgehead atoms. The molecule has 0 radical (unpaired) electrons. The van der Waals surface area contributed by atoms with Crippen molar-refractivity contribution < 1.29 is 9.18 Å². The monoisotopic (exact) mass is 397 g/mol. The van der Waals surface area contributed by atoms with Gasteiger partial charge >= 0.3 is 0 Å². The Kier molecular flexibility index (Phi) is 5.76. The summed E-state index contributed by atoms with van der Waals surface area (Å²) in [5, 5.41) is 0. The summed E-state index contributed by atoms with van der Waals surface area (Å²) in [5.41, 5.74) is 8.09. The summed E-state index contributed by atoms with van der Waals surface area (Å²) >= 11 is 0. The molecule has 2 saturated heterocycles. The molecule has 0 aliphatic carbocycles. The number of hydrogen-bond acceptors (Lipinski definition) is 5. The van der Waals surface area contributed by atoms with Gasteiger partial charge in [0.05, 0.1) is 11.7 Å². The van der Waals surface area contributed by atoms with Gasteiger partial charge in [0.2, 0.25) is 11.9 Å². The summed E-state index contributed by atoms with van der Waals surface area (Å²) in [6, 6.07) is 6.25. The van der Waals surface area contributed by atoms with Crippen LogP contribution in [0, 0.1) is 11.7 Å². The van der Waals surface area contributed by atoms with Crippen LogP contribution in [0.4, 0.5) is 10.3 Å². The molecular weight excluding hydrogens is 369 g/mol. The number of piperidine rings is 2. The van der Waals surface area contributed by atoms with Gasteiger partial charge in [-0.3, -0.25) is 4.79 Å². The first-order valence-corrected chi connectivity index (χ1v) is 10.4. The lowest BCUT2D eigenvalue weighted by molar-refractivity contribution is -0.141. The lowest BCUT2D eigenvalue weighted by atomic mass is 9.90. The molecule has 29 heavy (non-hydrogen) atoms. The van der Waals surface area contributed by atoms with Crippen molar-refractivity contribution in [2.45, 2.75) is 38.1 Å². The number of rotatable bonds is 3. The number of aromatic nitrogens is 2. The number of nitrogens with zero attached hydrogens (tertiary/aromatic N) is 4. The molecule has 1 aromatic heterocycles. The van der Waals surface area contributed by atoms with Gasteiger partial charge < -0.3 is 15.5 Å². The lowest BCUT2D eigenvalue weighted by Gasteiger charge is -2.39. The van der Waals surface area contributed by atoms with E-state index in [4.69, 9.17) is 5.73 Å². The van der Waals surface area contributed by atoms with E-state index in [0.717, 1.165) is 63.0 Å². The Morgan fingerprint density at radius 2 is 1.97 bits per heavy atom. The Morgan fingerprint density at radius 3 is 2.72 bits per heavy atom. The van der Waals surface area contributed by atoms with E-state index in [9.17, 15) is 9.18 Å². The SMILES string of the molecule is CN1CCC(C(=O)N2CCCCC2c2nc(N)ncc2-c2cccc(F)c2)CC1. The first-order chi connectivity index (χ1) is 14.0. The summed E-state index contributed by atoms with van der Waals surface area (Å²) in [5.74, 6) is 0.138. The predicted molar refractivity (Wildman–Crippen MR) is 110 cm³/mol. The minimum Gasteiger partial charge on any atom is -0.368 e. The van der Waals surface area contributed by atoms with Gasteiger partial charge in [-0.05, 0) is 69.9 Å². The Bertz CT molecular complexity index is 881. The number of anilines is 1. The molecule has 7 heteroatoms. The number of nitrogen functional groups attached to an aromatic ring is 1. The molecule has 1 aromatic carbocycles. The summed E-state index contributed by atoms with van der Waals surface area (Å²) in [6.45, 7) is 2.62. The van der Waals surface area contributed by atoms with Crippen molar-refractivity contribution in [2.24, 2.45) is 5.92 Å². The quantitative estimate of drug-likeness (QED) is 0.860. The van der Waals surface area contributed by atoms with Crippen molar-refractivity contribution in [1.82, 2.24) is 19.8 Å². The van der Waals surface area contributed by atoms with Crippen LogP contribution < -0.4 is 5.73 Å². The van der Waals surface area contributed by atoms with Crippen molar-refractivity contribution in [3.63, 3.8) is 0 Å². The van der Waals surface area contributed by atoms with E-state index in [-0.39, 0.29) is 29.6 Å². The van der Waals surface area contributed by atoms with E-state index in [1.165, 1.54) is 12.1 Å². The van der Waals surface area contributed by atoms with Gasteiger partial charge in [-0.1, -0.05) is 12.1 Å². The van der Waals surface area contributed by atoms with Crippen molar-refractivity contribution in [3.8, 4) is 11.1 Å². The second kappa shape index (κ2) is 8.45. The third-order valence-corrected chi connectivity index (χ3v) is 6.14. The maximum Gasteiger partial charge on any atom is 0.226 e. The van der Waals surface area contributed by atoms with Gasteiger partial charge in [0.25, 0.3) is 0 Å². The first kappa shape index (κ1) is 19.8. The van der Waals surface area contributed by atoms with Crippen LogP contribution >= 0.6 is 0 Å². The maximum atomic E-state index is 13.9. The zero-order valence-electron chi connectivity index (χ0n) is 16.9. The Hall–Kier alpha value is -2.54. The van der Waals surface area contributed by atoms with Crippen LogP contribution in [0.1, 0.15) is 43.8 Å². The molecule has 3 heterocycles. The number of benzene rings is 1. The van der Waals surface area contributed by atoms with Crippen molar-refractivity contribution >= 4 is 11.9 Å². The van der Waals surface area contributed by atoms with Crippen molar-refractivity contribution in [1.29, 1.82) is 0 Å². The molecule has 6 nitrogen and oxygen atoms in total. The average molecular weight is 397 g/mol. The van der Waals surface area contributed by atoms with E-state index in [1.54, 1.807) is 12.3 Å². The summed E-state index contributed by atoms with van der Waals surface area (Å²) in [7, 11) is 2.10. The normalized spacial score (nSPS) is 21.3. The highest BCUT2D eigenvalue weighted by atomic mass is 19.1. The summed E-state index contributed by atoms with van der Waals surface area (Å²) in [6.07, 6.45) is 6.28. The van der Waals surface area contributed by atoms with E-state index < -0.39 is 0 Å². The second-order valence-electron chi connectivity index (χ2n) is 8.16. The molecule has 0 saturated carbocycles. The van der Waals surface area contributed by atoms with Gasteiger partial charge in [0.15, 0.2) is 0 Å². The van der Waals surface area contributed by atoms with Crippen molar-refractivity contribution in [3.05, 3.63) is 42.0 Å². The third-order valence-electron chi connectivity index (χ3n) is 6.14. The fraction of sp³-hybridized carbons (Fsp3) is 0.500. The Morgan fingerprint density at radius 1 is 1.17 bits per heavy atom. The predicted octanol–water partition coefficient (Wildman–Crippen LogP) is 3.26. The molecule has 1 amide bonds. The third kappa shape index (κ3) is 4.24. The number of carbonyl (C=O) groups is 1. The van der Waals surface area contributed by atoms with Crippen LogP contribution in [0.15, 0.2) is 30.5 Å². The molecule has 2 N–H and O–H groups in total. The van der Waals surface area contributed by atoms with Crippen molar-refractivity contribution in [2.75, 3.05) is 32.4 Å². The lowest BCUT2D eigenvalue weighted by Crippen LogP contribution is -2.45. The zero-order valence-corrected chi connectivity index (χ0v) is 16.9. The van der Waals surface area contributed by atoms with Gasteiger partial charge in [-0.25, -0.2) is 14.4 Å². The average Bonchev–Trinajstić information content (AvgIpc) is 2.74. The molecule has 2 aromatic rings. The minimum absolute atomic E-state index is 0.0589. The van der Waals surface area contributed by atoms with Gasteiger partial charge in [0.1, 0.15) is 5.82 Å². The highest BCUT2D eigenvalue weighted by Crippen LogP contribution is 2.37.